The summed E-state index contributed by atoms with van der Waals surface area (Å²) in [6, 6.07) is 0. The molecular formula is C12H25NO2S. The third-order valence-electron chi connectivity index (χ3n) is 3.37. The number of methoxy groups -OCH3 is 1. The molecule has 0 amide bonds. The zero-order chi connectivity index (χ0) is 11.7. The molecule has 0 bridgehead atoms. The monoisotopic (exact) mass is 247 g/mol. The van der Waals surface area contributed by atoms with Gasteiger partial charge in [-0.05, 0) is 36.7 Å². The highest BCUT2D eigenvalue weighted by Gasteiger charge is 2.31. The summed E-state index contributed by atoms with van der Waals surface area (Å²) in [6.07, 6.45) is 5.89. The van der Waals surface area contributed by atoms with Crippen LogP contribution in [0.5, 0.6) is 0 Å². The summed E-state index contributed by atoms with van der Waals surface area (Å²) in [5, 5.41) is 3.52. The second kappa shape index (κ2) is 8.34. The molecule has 16 heavy (non-hydrogen) atoms. The number of ether oxygens (including phenoxy) is 2. The lowest BCUT2D eigenvalue weighted by molar-refractivity contribution is 0.0129. The fourth-order valence-electron chi connectivity index (χ4n) is 2.17. The zero-order valence-corrected chi connectivity index (χ0v) is 11.4. The Morgan fingerprint density at radius 3 is 2.75 bits per heavy atom. The average molecular weight is 247 g/mol. The summed E-state index contributed by atoms with van der Waals surface area (Å²) in [5.74, 6) is 1.26. The molecule has 3 nitrogen and oxygen atoms in total. The Kier molecular flexibility index (Phi) is 7.45. The maximum atomic E-state index is 5.47. The topological polar surface area (TPSA) is 30.5 Å². The standard InChI is InChI=1S/C12H25NO2S/c1-14-9-6-13-11-12(5-10-16-2)3-7-15-8-4-12/h13H,3-11H2,1-2H3. The molecule has 0 aromatic rings. The van der Waals surface area contributed by atoms with Gasteiger partial charge in [0.1, 0.15) is 0 Å². The summed E-state index contributed by atoms with van der Waals surface area (Å²) in [7, 11) is 1.75. The van der Waals surface area contributed by atoms with Gasteiger partial charge in [-0.3, -0.25) is 0 Å². The first-order valence-electron chi connectivity index (χ1n) is 6.09. The van der Waals surface area contributed by atoms with E-state index in [-0.39, 0.29) is 0 Å². The van der Waals surface area contributed by atoms with E-state index in [0.717, 1.165) is 32.9 Å². The van der Waals surface area contributed by atoms with Crippen LogP contribution in [0.3, 0.4) is 0 Å². The molecule has 0 spiro atoms. The van der Waals surface area contributed by atoms with Crippen LogP contribution in [0.2, 0.25) is 0 Å². The molecule has 1 aliphatic heterocycles. The van der Waals surface area contributed by atoms with E-state index in [1.54, 1.807) is 7.11 Å². The Balaban J connectivity index is 2.30. The third kappa shape index (κ3) is 5.04. The number of hydrogen-bond acceptors (Lipinski definition) is 4. The minimum atomic E-state index is 0.467. The second-order valence-corrected chi connectivity index (χ2v) is 5.51. The molecule has 1 fully saturated rings. The van der Waals surface area contributed by atoms with Gasteiger partial charge in [0.15, 0.2) is 0 Å². The molecule has 1 N–H and O–H groups in total. The lowest BCUT2D eigenvalue weighted by Gasteiger charge is -2.37. The Hall–Kier alpha value is 0.230. The number of hydrogen-bond donors (Lipinski definition) is 1. The lowest BCUT2D eigenvalue weighted by Crippen LogP contribution is -2.40. The van der Waals surface area contributed by atoms with E-state index in [1.165, 1.54) is 25.0 Å². The van der Waals surface area contributed by atoms with Crippen molar-refractivity contribution in [2.45, 2.75) is 19.3 Å². The fourth-order valence-corrected chi connectivity index (χ4v) is 2.80. The minimum Gasteiger partial charge on any atom is -0.383 e. The molecule has 0 atom stereocenters. The van der Waals surface area contributed by atoms with E-state index in [9.17, 15) is 0 Å². The number of thioether (sulfide) groups is 1. The van der Waals surface area contributed by atoms with Crippen molar-refractivity contribution in [3.63, 3.8) is 0 Å². The summed E-state index contributed by atoms with van der Waals surface area (Å²) < 4.78 is 10.5. The zero-order valence-electron chi connectivity index (χ0n) is 10.6. The Morgan fingerprint density at radius 1 is 1.38 bits per heavy atom. The smallest absolute Gasteiger partial charge is 0.0587 e. The molecule has 96 valence electrons. The molecule has 0 radical (unpaired) electrons. The second-order valence-electron chi connectivity index (χ2n) is 4.52. The van der Waals surface area contributed by atoms with Crippen LogP contribution < -0.4 is 5.32 Å². The van der Waals surface area contributed by atoms with Gasteiger partial charge in [0, 0.05) is 33.4 Å². The molecule has 4 heteroatoms. The predicted octanol–water partition coefficient (Wildman–Crippen LogP) is 1.77. The van der Waals surface area contributed by atoms with Gasteiger partial charge in [-0.25, -0.2) is 0 Å². The van der Waals surface area contributed by atoms with Gasteiger partial charge in [0.2, 0.25) is 0 Å². The molecular weight excluding hydrogens is 222 g/mol. The van der Waals surface area contributed by atoms with Crippen LogP contribution in [0.25, 0.3) is 0 Å². The molecule has 0 aromatic carbocycles. The Labute approximate surface area is 104 Å². The first kappa shape index (κ1) is 14.3. The fraction of sp³-hybridized carbons (Fsp3) is 1.00. The lowest BCUT2D eigenvalue weighted by atomic mass is 9.78. The van der Waals surface area contributed by atoms with Crippen molar-refractivity contribution in [2.75, 3.05) is 52.0 Å². The summed E-state index contributed by atoms with van der Waals surface area (Å²) in [5.41, 5.74) is 0.467. The highest BCUT2D eigenvalue weighted by Crippen LogP contribution is 2.34. The first-order chi connectivity index (χ1) is 7.83. The highest BCUT2D eigenvalue weighted by molar-refractivity contribution is 7.98. The van der Waals surface area contributed by atoms with Gasteiger partial charge >= 0.3 is 0 Å². The van der Waals surface area contributed by atoms with Gasteiger partial charge in [0.25, 0.3) is 0 Å². The Morgan fingerprint density at radius 2 is 2.12 bits per heavy atom. The normalized spacial score (nSPS) is 19.9. The third-order valence-corrected chi connectivity index (χ3v) is 3.99. The molecule has 0 unspecified atom stereocenters. The van der Waals surface area contributed by atoms with Gasteiger partial charge in [-0.15, -0.1) is 0 Å². The van der Waals surface area contributed by atoms with E-state index < -0.39 is 0 Å². The van der Waals surface area contributed by atoms with E-state index in [4.69, 9.17) is 9.47 Å². The van der Waals surface area contributed by atoms with E-state index in [0.29, 0.717) is 5.41 Å². The van der Waals surface area contributed by atoms with Crippen LogP contribution >= 0.6 is 11.8 Å². The number of nitrogens with one attached hydrogen (secondary N) is 1. The van der Waals surface area contributed by atoms with Crippen molar-refractivity contribution < 1.29 is 9.47 Å². The largest absolute Gasteiger partial charge is 0.383 e. The van der Waals surface area contributed by atoms with Gasteiger partial charge < -0.3 is 14.8 Å². The predicted molar refractivity (Wildman–Crippen MR) is 70.2 cm³/mol. The maximum absolute atomic E-state index is 5.47. The van der Waals surface area contributed by atoms with E-state index >= 15 is 0 Å². The average Bonchev–Trinajstić information content (AvgIpc) is 2.34. The highest BCUT2D eigenvalue weighted by atomic mass is 32.2. The van der Waals surface area contributed by atoms with Crippen LogP contribution in [0.15, 0.2) is 0 Å². The van der Waals surface area contributed by atoms with Crippen molar-refractivity contribution in [1.29, 1.82) is 0 Å². The molecule has 1 saturated heterocycles. The van der Waals surface area contributed by atoms with Crippen LogP contribution in [0.1, 0.15) is 19.3 Å². The molecule has 0 aliphatic carbocycles. The molecule has 0 saturated carbocycles. The summed E-state index contributed by atoms with van der Waals surface area (Å²) in [4.78, 5) is 0. The Bertz CT molecular complexity index is 172. The van der Waals surface area contributed by atoms with E-state index in [1.807, 2.05) is 11.8 Å². The molecule has 1 rings (SSSR count). The van der Waals surface area contributed by atoms with Crippen LogP contribution in [-0.2, 0) is 9.47 Å². The summed E-state index contributed by atoms with van der Waals surface area (Å²) in [6.45, 7) is 4.73. The number of rotatable bonds is 8. The molecule has 1 aliphatic rings. The van der Waals surface area contributed by atoms with E-state index in [2.05, 4.69) is 11.6 Å². The maximum Gasteiger partial charge on any atom is 0.0587 e. The van der Waals surface area contributed by atoms with Crippen molar-refractivity contribution in [3.8, 4) is 0 Å². The first-order valence-corrected chi connectivity index (χ1v) is 7.49. The molecule has 1 heterocycles. The van der Waals surface area contributed by atoms with Crippen LogP contribution in [0.4, 0.5) is 0 Å². The summed E-state index contributed by atoms with van der Waals surface area (Å²) >= 11 is 1.94. The van der Waals surface area contributed by atoms with Crippen LogP contribution in [-0.4, -0.2) is 52.0 Å². The minimum absolute atomic E-state index is 0.467. The van der Waals surface area contributed by atoms with Crippen molar-refractivity contribution >= 4 is 11.8 Å². The SMILES string of the molecule is COCCNCC1(CCSC)CCOCC1. The van der Waals surface area contributed by atoms with Crippen molar-refractivity contribution in [2.24, 2.45) is 5.41 Å². The van der Waals surface area contributed by atoms with Crippen molar-refractivity contribution in [1.82, 2.24) is 5.32 Å². The van der Waals surface area contributed by atoms with Gasteiger partial charge in [-0.2, -0.15) is 11.8 Å². The van der Waals surface area contributed by atoms with Crippen molar-refractivity contribution in [3.05, 3.63) is 0 Å². The molecule has 0 aromatic heterocycles. The van der Waals surface area contributed by atoms with Crippen LogP contribution in [0, 0.1) is 5.41 Å². The quantitative estimate of drug-likeness (QED) is 0.662. The van der Waals surface area contributed by atoms with Gasteiger partial charge in [-0.1, -0.05) is 0 Å². The van der Waals surface area contributed by atoms with Gasteiger partial charge in [0.05, 0.1) is 6.61 Å².